The number of para-hydroxylation sites is 2. The molecule has 0 aliphatic heterocycles. The average Bonchev–Trinajstić information content (AvgIpc) is 3.76. The molecule has 0 unspecified atom stereocenters. The molecule has 8 aromatic carbocycles. The summed E-state index contributed by atoms with van der Waals surface area (Å²) in [5, 5.41) is 11.0. The van der Waals surface area contributed by atoms with Crippen LogP contribution in [0.5, 0.6) is 0 Å². The zero-order chi connectivity index (χ0) is 34.8. The van der Waals surface area contributed by atoms with Crippen LogP contribution < -0.4 is 0 Å². The number of thiophene rings is 1. The topological polar surface area (TPSA) is 30.7 Å². The SMILES string of the molecule is CC.c1ccc(-c2nc(-n3c4cc5ccccc5cc4c4cccc(-c5cccc6c5sc5ccc7ccccc7c56)c43)nc3ccccc23)cc1. The van der Waals surface area contributed by atoms with E-state index in [1.165, 1.54) is 63.6 Å². The summed E-state index contributed by atoms with van der Waals surface area (Å²) in [7, 11) is 0. The minimum atomic E-state index is 0.666. The summed E-state index contributed by atoms with van der Waals surface area (Å²) in [6.45, 7) is 4.00. The minimum absolute atomic E-state index is 0.666. The van der Waals surface area contributed by atoms with Crippen LogP contribution in [0.25, 0.3) is 103 Å². The fraction of sp³-hybridized carbons (Fsp3) is 0.0417. The third kappa shape index (κ3) is 4.58. The van der Waals surface area contributed by atoms with E-state index in [1.54, 1.807) is 0 Å². The number of fused-ring (bicyclic) bond motifs is 10. The van der Waals surface area contributed by atoms with Crippen molar-refractivity contribution >= 4 is 85.8 Å². The van der Waals surface area contributed by atoms with E-state index in [9.17, 15) is 0 Å². The van der Waals surface area contributed by atoms with Crippen molar-refractivity contribution in [2.75, 3.05) is 0 Å². The Labute approximate surface area is 305 Å². The largest absolute Gasteiger partial charge is 0.277 e. The fourth-order valence-electron chi connectivity index (χ4n) is 7.94. The third-order valence-electron chi connectivity index (χ3n) is 10.2. The molecule has 0 saturated heterocycles. The molecule has 0 spiro atoms. The van der Waals surface area contributed by atoms with Crippen molar-refractivity contribution in [3.8, 4) is 28.3 Å². The van der Waals surface area contributed by atoms with Crippen LogP contribution in [0.4, 0.5) is 0 Å². The molecule has 0 atom stereocenters. The van der Waals surface area contributed by atoms with Gasteiger partial charge in [-0.05, 0) is 45.8 Å². The van der Waals surface area contributed by atoms with E-state index in [4.69, 9.17) is 9.97 Å². The lowest BCUT2D eigenvalue weighted by Gasteiger charge is -2.14. The van der Waals surface area contributed by atoms with Crippen molar-refractivity contribution in [1.29, 1.82) is 0 Å². The van der Waals surface area contributed by atoms with Gasteiger partial charge < -0.3 is 0 Å². The van der Waals surface area contributed by atoms with E-state index in [1.807, 2.05) is 25.2 Å². The molecule has 246 valence electrons. The normalized spacial score (nSPS) is 11.7. The van der Waals surface area contributed by atoms with Gasteiger partial charge in [0.25, 0.3) is 0 Å². The molecule has 0 aliphatic rings. The molecule has 11 aromatic rings. The third-order valence-corrected chi connectivity index (χ3v) is 11.4. The van der Waals surface area contributed by atoms with E-state index in [0.29, 0.717) is 5.95 Å². The van der Waals surface area contributed by atoms with Gasteiger partial charge in [0, 0.05) is 53.0 Å². The first-order valence-corrected chi connectivity index (χ1v) is 18.7. The van der Waals surface area contributed by atoms with Crippen LogP contribution in [0.2, 0.25) is 0 Å². The van der Waals surface area contributed by atoms with Gasteiger partial charge in [-0.25, -0.2) is 9.97 Å². The molecule has 3 nitrogen and oxygen atoms in total. The summed E-state index contributed by atoms with van der Waals surface area (Å²) < 4.78 is 4.90. The van der Waals surface area contributed by atoms with Crippen LogP contribution in [0, 0.1) is 0 Å². The molecule has 0 saturated carbocycles. The number of rotatable bonds is 3. The standard InChI is InChI=1S/C46H27N3S.C2H6/c1-2-13-29(14-3-1)43-36-18-8-9-23-39(36)47-46(48-43)49-40-27-31-16-5-4-15-30(31)26-38(40)34-20-10-19-33(44(34)49)35-21-11-22-37-42-32-17-7-6-12-28(32)24-25-41(42)50-45(35)37;1-2/h1-27H;1-2H3. The molecule has 0 fully saturated rings. The second-order valence-corrected chi connectivity index (χ2v) is 14.0. The smallest absolute Gasteiger partial charge is 0.235 e. The Morgan fingerprint density at radius 3 is 1.96 bits per heavy atom. The quantitative estimate of drug-likeness (QED) is 0.186. The van der Waals surface area contributed by atoms with Crippen LogP contribution in [-0.4, -0.2) is 14.5 Å². The van der Waals surface area contributed by atoms with E-state index in [-0.39, 0.29) is 0 Å². The predicted octanol–water partition coefficient (Wildman–Crippen LogP) is 13.8. The predicted molar refractivity (Wildman–Crippen MR) is 224 cm³/mol. The van der Waals surface area contributed by atoms with E-state index in [0.717, 1.165) is 33.2 Å². The van der Waals surface area contributed by atoms with Gasteiger partial charge in [-0.2, -0.15) is 0 Å². The average molecular weight is 684 g/mol. The minimum Gasteiger partial charge on any atom is -0.277 e. The van der Waals surface area contributed by atoms with Crippen molar-refractivity contribution in [3.63, 3.8) is 0 Å². The highest BCUT2D eigenvalue weighted by Gasteiger charge is 2.22. The molecule has 11 rings (SSSR count). The second kappa shape index (κ2) is 12.2. The fourth-order valence-corrected chi connectivity index (χ4v) is 9.18. The zero-order valence-corrected chi connectivity index (χ0v) is 29.7. The van der Waals surface area contributed by atoms with Crippen LogP contribution in [0.15, 0.2) is 164 Å². The highest BCUT2D eigenvalue weighted by atomic mass is 32.1. The summed E-state index contributed by atoms with van der Waals surface area (Å²) in [5.74, 6) is 0.666. The Morgan fingerprint density at radius 1 is 0.481 bits per heavy atom. The maximum atomic E-state index is 5.41. The Morgan fingerprint density at radius 2 is 1.13 bits per heavy atom. The Balaban J connectivity index is 0.00000166. The molecule has 0 amide bonds. The maximum Gasteiger partial charge on any atom is 0.235 e. The van der Waals surface area contributed by atoms with Gasteiger partial charge in [-0.15, -0.1) is 11.3 Å². The molecular formula is C48H33N3S. The number of aromatic nitrogens is 3. The lowest BCUT2D eigenvalue weighted by Crippen LogP contribution is -2.04. The van der Waals surface area contributed by atoms with E-state index >= 15 is 0 Å². The zero-order valence-electron chi connectivity index (χ0n) is 28.8. The van der Waals surface area contributed by atoms with Crippen molar-refractivity contribution in [3.05, 3.63) is 164 Å². The molecule has 3 heterocycles. The highest BCUT2D eigenvalue weighted by Crippen LogP contribution is 2.46. The number of hydrogen-bond acceptors (Lipinski definition) is 3. The molecule has 3 aromatic heterocycles. The lowest BCUT2D eigenvalue weighted by molar-refractivity contribution is 1.01. The first-order chi connectivity index (χ1) is 25.8. The van der Waals surface area contributed by atoms with Gasteiger partial charge in [0.1, 0.15) is 0 Å². The number of benzene rings is 8. The highest BCUT2D eigenvalue weighted by molar-refractivity contribution is 7.26. The maximum absolute atomic E-state index is 5.41. The van der Waals surface area contributed by atoms with Crippen molar-refractivity contribution in [2.24, 2.45) is 0 Å². The van der Waals surface area contributed by atoms with Crippen molar-refractivity contribution in [1.82, 2.24) is 14.5 Å². The second-order valence-electron chi connectivity index (χ2n) is 13.0. The molecular weight excluding hydrogens is 651 g/mol. The van der Waals surface area contributed by atoms with E-state index < -0.39 is 0 Å². The Bertz CT molecular complexity index is 3150. The Kier molecular flexibility index (Phi) is 7.12. The summed E-state index contributed by atoms with van der Waals surface area (Å²) >= 11 is 1.88. The van der Waals surface area contributed by atoms with Crippen LogP contribution in [0.1, 0.15) is 13.8 Å². The van der Waals surface area contributed by atoms with Gasteiger partial charge in [0.05, 0.1) is 22.2 Å². The van der Waals surface area contributed by atoms with Gasteiger partial charge in [0.15, 0.2) is 0 Å². The molecule has 0 bridgehead atoms. The first-order valence-electron chi connectivity index (χ1n) is 17.9. The number of nitrogens with zero attached hydrogens (tertiary/aromatic N) is 3. The van der Waals surface area contributed by atoms with Gasteiger partial charge in [-0.3, -0.25) is 4.57 Å². The van der Waals surface area contributed by atoms with Gasteiger partial charge in [0.2, 0.25) is 5.95 Å². The molecule has 0 radical (unpaired) electrons. The molecule has 0 aliphatic carbocycles. The summed E-state index contributed by atoms with van der Waals surface area (Å²) in [6, 6.07) is 58.8. The summed E-state index contributed by atoms with van der Waals surface area (Å²) in [6.07, 6.45) is 0. The van der Waals surface area contributed by atoms with Gasteiger partial charge >= 0.3 is 0 Å². The van der Waals surface area contributed by atoms with Crippen LogP contribution in [-0.2, 0) is 0 Å². The first kappa shape index (κ1) is 30.5. The molecule has 4 heteroatoms. The molecule has 0 N–H and O–H groups in total. The summed E-state index contributed by atoms with van der Waals surface area (Å²) in [5.41, 5.74) is 7.51. The monoisotopic (exact) mass is 683 g/mol. The Hall–Kier alpha value is -6.36. The lowest BCUT2D eigenvalue weighted by atomic mass is 9.98. The summed E-state index contributed by atoms with van der Waals surface area (Å²) in [4.78, 5) is 10.7. The van der Waals surface area contributed by atoms with Crippen LogP contribution in [0.3, 0.4) is 0 Å². The van der Waals surface area contributed by atoms with Crippen molar-refractivity contribution < 1.29 is 0 Å². The van der Waals surface area contributed by atoms with Gasteiger partial charge in [-0.1, -0.05) is 153 Å². The molecule has 52 heavy (non-hydrogen) atoms. The van der Waals surface area contributed by atoms with Crippen molar-refractivity contribution in [2.45, 2.75) is 13.8 Å². The van der Waals surface area contributed by atoms with E-state index in [2.05, 4.69) is 168 Å². The van der Waals surface area contributed by atoms with Crippen LogP contribution >= 0.6 is 11.3 Å². The number of hydrogen-bond donors (Lipinski definition) is 0.